The summed E-state index contributed by atoms with van der Waals surface area (Å²) in [6.45, 7) is 4.13. The van der Waals surface area contributed by atoms with Gasteiger partial charge in [-0.1, -0.05) is 6.92 Å². The number of ether oxygens (including phenoxy) is 1. The SMILES string of the molecule is CCOC(=O)CNC(=O)NCCC(C)S(C)=O. The van der Waals surface area contributed by atoms with Gasteiger partial charge in [-0.05, 0) is 13.3 Å². The number of nitrogens with one attached hydrogen (secondary N) is 2. The standard InChI is InChI=1S/C10H20N2O4S/c1-4-16-9(13)7-12-10(14)11-6-5-8(2)17(3)15/h8H,4-7H2,1-3H3,(H2,11,12,14). The predicted molar refractivity (Wildman–Crippen MR) is 66.2 cm³/mol. The van der Waals surface area contributed by atoms with E-state index in [4.69, 9.17) is 0 Å². The molecule has 0 heterocycles. The molecule has 0 aliphatic rings. The lowest BCUT2D eigenvalue weighted by Crippen LogP contribution is -2.40. The lowest BCUT2D eigenvalue weighted by atomic mass is 10.3. The van der Waals surface area contributed by atoms with E-state index in [2.05, 4.69) is 15.4 Å². The molecule has 0 saturated heterocycles. The zero-order valence-corrected chi connectivity index (χ0v) is 11.3. The molecule has 2 unspecified atom stereocenters. The molecule has 0 aromatic rings. The molecule has 100 valence electrons. The first-order valence-electron chi connectivity index (χ1n) is 5.47. The number of amides is 2. The first kappa shape index (κ1) is 15.9. The third-order valence-electron chi connectivity index (χ3n) is 2.10. The Morgan fingerprint density at radius 3 is 2.53 bits per heavy atom. The number of urea groups is 1. The van der Waals surface area contributed by atoms with Crippen LogP contribution >= 0.6 is 0 Å². The number of rotatable bonds is 7. The normalized spacial score (nSPS) is 13.6. The van der Waals surface area contributed by atoms with Crippen LogP contribution in [0.4, 0.5) is 4.79 Å². The average Bonchev–Trinajstić information content (AvgIpc) is 2.26. The van der Waals surface area contributed by atoms with E-state index in [1.165, 1.54) is 0 Å². The summed E-state index contributed by atoms with van der Waals surface area (Å²) in [5.74, 6) is -0.467. The zero-order chi connectivity index (χ0) is 13.3. The van der Waals surface area contributed by atoms with Gasteiger partial charge in [-0.3, -0.25) is 9.00 Å². The smallest absolute Gasteiger partial charge is 0.325 e. The van der Waals surface area contributed by atoms with Crippen LogP contribution < -0.4 is 10.6 Å². The summed E-state index contributed by atoms with van der Waals surface area (Å²) in [6.07, 6.45) is 2.27. The van der Waals surface area contributed by atoms with E-state index >= 15 is 0 Å². The topological polar surface area (TPSA) is 84.5 Å². The van der Waals surface area contributed by atoms with Gasteiger partial charge in [0, 0.05) is 28.9 Å². The number of hydrogen-bond donors (Lipinski definition) is 2. The van der Waals surface area contributed by atoms with E-state index in [0.29, 0.717) is 19.6 Å². The van der Waals surface area contributed by atoms with Crippen molar-refractivity contribution in [3.05, 3.63) is 0 Å². The Labute approximate surface area is 104 Å². The van der Waals surface area contributed by atoms with Crippen LogP contribution in [0.1, 0.15) is 20.3 Å². The molecule has 0 aromatic carbocycles. The highest BCUT2D eigenvalue weighted by atomic mass is 32.2. The highest BCUT2D eigenvalue weighted by Gasteiger charge is 2.08. The lowest BCUT2D eigenvalue weighted by Gasteiger charge is -2.10. The summed E-state index contributed by atoms with van der Waals surface area (Å²) in [6, 6.07) is -0.424. The monoisotopic (exact) mass is 264 g/mol. The maximum atomic E-state index is 11.2. The Bertz CT molecular complexity index is 283. The Balaban J connectivity index is 3.60. The third-order valence-corrected chi connectivity index (χ3v) is 3.47. The lowest BCUT2D eigenvalue weighted by molar-refractivity contribution is -0.141. The van der Waals surface area contributed by atoms with Crippen LogP contribution in [0.2, 0.25) is 0 Å². The van der Waals surface area contributed by atoms with Crippen molar-refractivity contribution < 1.29 is 18.5 Å². The molecule has 0 spiro atoms. The van der Waals surface area contributed by atoms with Crippen LogP contribution in [0.15, 0.2) is 0 Å². The molecule has 6 nitrogen and oxygen atoms in total. The first-order chi connectivity index (χ1) is 7.97. The number of carbonyl (C=O) groups is 2. The van der Waals surface area contributed by atoms with Crippen LogP contribution in [-0.4, -0.2) is 47.4 Å². The first-order valence-corrected chi connectivity index (χ1v) is 7.09. The van der Waals surface area contributed by atoms with Gasteiger partial charge in [0.15, 0.2) is 0 Å². The summed E-state index contributed by atoms with van der Waals surface area (Å²) < 4.78 is 15.7. The molecule has 0 aromatic heterocycles. The molecule has 17 heavy (non-hydrogen) atoms. The average molecular weight is 264 g/mol. The summed E-state index contributed by atoms with van der Waals surface area (Å²) in [5, 5.41) is 4.99. The second-order valence-corrected chi connectivity index (χ2v) is 5.31. The van der Waals surface area contributed by atoms with Gasteiger partial charge in [-0.15, -0.1) is 0 Å². The van der Waals surface area contributed by atoms with Crippen molar-refractivity contribution >= 4 is 22.8 Å². The van der Waals surface area contributed by atoms with Gasteiger partial charge in [0.1, 0.15) is 6.54 Å². The van der Waals surface area contributed by atoms with Crippen molar-refractivity contribution in [3.8, 4) is 0 Å². The molecule has 0 fully saturated rings. The molecular weight excluding hydrogens is 244 g/mol. The van der Waals surface area contributed by atoms with Crippen molar-refractivity contribution in [1.29, 1.82) is 0 Å². The second-order valence-electron chi connectivity index (χ2n) is 3.51. The van der Waals surface area contributed by atoms with E-state index < -0.39 is 22.8 Å². The fourth-order valence-corrected chi connectivity index (χ4v) is 1.43. The third kappa shape index (κ3) is 8.67. The summed E-state index contributed by atoms with van der Waals surface area (Å²) in [4.78, 5) is 22.1. The number of carbonyl (C=O) groups excluding carboxylic acids is 2. The van der Waals surface area contributed by atoms with Crippen molar-refractivity contribution in [2.45, 2.75) is 25.5 Å². The number of esters is 1. The van der Waals surface area contributed by atoms with Crippen LogP contribution in [0.3, 0.4) is 0 Å². The van der Waals surface area contributed by atoms with Crippen molar-refractivity contribution in [2.24, 2.45) is 0 Å². The van der Waals surface area contributed by atoms with Gasteiger partial charge in [0.25, 0.3) is 0 Å². The molecule has 0 radical (unpaired) electrons. The maximum absolute atomic E-state index is 11.2. The highest BCUT2D eigenvalue weighted by Crippen LogP contribution is 1.96. The van der Waals surface area contributed by atoms with Crippen LogP contribution in [0.5, 0.6) is 0 Å². The van der Waals surface area contributed by atoms with Crippen LogP contribution in [0, 0.1) is 0 Å². The Morgan fingerprint density at radius 2 is 2.00 bits per heavy atom. The summed E-state index contributed by atoms with van der Waals surface area (Å²) in [7, 11) is -0.885. The summed E-state index contributed by atoms with van der Waals surface area (Å²) >= 11 is 0. The van der Waals surface area contributed by atoms with Gasteiger partial charge in [-0.2, -0.15) is 0 Å². The van der Waals surface area contributed by atoms with Gasteiger partial charge in [0.2, 0.25) is 0 Å². The van der Waals surface area contributed by atoms with Gasteiger partial charge in [-0.25, -0.2) is 4.79 Å². The van der Waals surface area contributed by atoms with E-state index in [1.54, 1.807) is 13.2 Å². The molecule has 0 bridgehead atoms. The molecule has 0 aliphatic carbocycles. The Morgan fingerprint density at radius 1 is 1.35 bits per heavy atom. The molecular formula is C10H20N2O4S. The summed E-state index contributed by atoms with van der Waals surface area (Å²) in [5.41, 5.74) is 0. The molecule has 2 atom stereocenters. The van der Waals surface area contributed by atoms with E-state index in [0.717, 1.165) is 0 Å². The number of hydrogen-bond acceptors (Lipinski definition) is 4. The minimum Gasteiger partial charge on any atom is -0.465 e. The van der Waals surface area contributed by atoms with Crippen LogP contribution in [-0.2, 0) is 20.3 Å². The molecule has 0 rings (SSSR count). The quantitative estimate of drug-likeness (QED) is 0.634. The fourth-order valence-electron chi connectivity index (χ4n) is 0.982. The van der Waals surface area contributed by atoms with E-state index in [1.807, 2.05) is 6.92 Å². The fraction of sp³-hybridized carbons (Fsp3) is 0.800. The van der Waals surface area contributed by atoms with Crippen molar-refractivity contribution in [1.82, 2.24) is 10.6 Å². The van der Waals surface area contributed by atoms with Gasteiger partial charge < -0.3 is 15.4 Å². The largest absolute Gasteiger partial charge is 0.465 e. The van der Waals surface area contributed by atoms with Crippen molar-refractivity contribution in [2.75, 3.05) is 26.0 Å². The second kappa shape index (κ2) is 8.98. The molecule has 0 aliphatic heterocycles. The molecule has 2 amide bonds. The minimum atomic E-state index is -0.885. The van der Waals surface area contributed by atoms with E-state index in [-0.39, 0.29) is 11.8 Å². The molecule has 7 heteroatoms. The van der Waals surface area contributed by atoms with Gasteiger partial charge in [0.05, 0.1) is 6.61 Å². The Kier molecular flexibility index (Phi) is 8.39. The maximum Gasteiger partial charge on any atom is 0.325 e. The molecule has 2 N–H and O–H groups in total. The van der Waals surface area contributed by atoms with Gasteiger partial charge >= 0.3 is 12.0 Å². The predicted octanol–water partition coefficient (Wildman–Crippen LogP) is 0.00580. The Hall–Kier alpha value is -1.11. The highest BCUT2D eigenvalue weighted by molar-refractivity contribution is 7.84. The zero-order valence-electron chi connectivity index (χ0n) is 10.4. The molecule has 0 saturated carbocycles. The van der Waals surface area contributed by atoms with Crippen molar-refractivity contribution in [3.63, 3.8) is 0 Å². The van der Waals surface area contributed by atoms with E-state index in [9.17, 15) is 13.8 Å². The van der Waals surface area contributed by atoms with Crippen LogP contribution in [0.25, 0.3) is 0 Å². The minimum absolute atomic E-state index is 0.0420.